The molecule has 1 aliphatic rings. The average Bonchev–Trinajstić information content (AvgIpc) is 2.83. The Morgan fingerprint density at radius 2 is 2.47 bits per heavy atom. The van der Waals surface area contributed by atoms with Gasteiger partial charge in [0.25, 0.3) is 0 Å². The molecule has 4 nitrogen and oxygen atoms in total. The molecule has 0 bridgehead atoms. The number of hydrogen-bond acceptors (Lipinski definition) is 3. The molecule has 15 heavy (non-hydrogen) atoms. The maximum Gasteiger partial charge on any atom is 0.0719 e. The molecule has 2 atom stereocenters. The molecule has 1 aliphatic carbocycles. The fraction of sp³-hybridized carbons (Fsp3) is 0.636. The molecule has 0 amide bonds. The second-order valence-electron chi connectivity index (χ2n) is 4.28. The third kappa shape index (κ3) is 2.30. The Labute approximate surface area is 89.7 Å². The average molecular weight is 204 g/mol. The summed E-state index contributed by atoms with van der Waals surface area (Å²) in [5, 5.41) is 12.8. The van der Waals surface area contributed by atoms with Gasteiger partial charge in [-0.2, -0.15) is 10.4 Å². The van der Waals surface area contributed by atoms with Gasteiger partial charge in [0.2, 0.25) is 0 Å². The molecular weight excluding hydrogens is 188 g/mol. The SMILES string of the molecule is N#CCCC1CCC(n2cc(N)cn2)C1. The molecule has 2 N–H and O–H groups in total. The van der Waals surface area contributed by atoms with Crippen LogP contribution in [0.3, 0.4) is 0 Å². The summed E-state index contributed by atoms with van der Waals surface area (Å²) in [6.45, 7) is 0. The van der Waals surface area contributed by atoms with E-state index in [1.807, 2.05) is 10.9 Å². The smallest absolute Gasteiger partial charge is 0.0719 e. The Hall–Kier alpha value is -1.50. The van der Waals surface area contributed by atoms with Crippen molar-refractivity contribution in [3.8, 4) is 6.07 Å². The molecule has 80 valence electrons. The quantitative estimate of drug-likeness (QED) is 0.819. The number of nitrogens with two attached hydrogens (primary N) is 1. The number of hydrogen-bond donors (Lipinski definition) is 1. The second kappa shape index (κ2) is 4.35. The highest BCUT2D eigenvalue weighted by atomic mass is 15.3. The number of nitrogen functional groups attached to an aromatic ring is 1. The van der Waals surface area contributed by atoms with Gasteiger partial charge in [-0.3, -0.25) is 4.68 Å². The van der Waals surface area contributed by atoms with Crippen LogP contribution in [-0.2, 0) is 0 Å². The zero-order valence-electron chi connectivity index (χ0n) is 8.76. The van der Waals surface area contributed by atoms with Crippen LogP contribution in [0.4, 0.5) is 5.69 Å². The third-order valence-electron chi connectivity index (χ3n) is 3.17. The summed E-state index contributed by atoms with van der Waals surface area (Å²) in [6.07, 6.45) is 8.83. The minimum absolute atomic E-state index is 0.492. The highest BCUT2D eigenvalue weighted by Gasteiger charge is 2.25. The van der Waals surface area contributed by atoms with E-state index in [1.165, 1.54) is 6.42 Å². The van der Waals surface area contributed by atoms with Crippen LogP contribution in [0.25, 0.3) is 0 Å². The molecule has 0 aromatic carbocycles. The van der Waals surface area contributed by atoms with Crippen LogP contribution in [0.1, 0.15) is 38.1 Å². The topological polar surface area (TPSA) is 67.6 Å². The molecule has 2 rings (SSSR count). The summed E-state index contributed by atoms with van der Waals surface area (Å²) in [5.74, 6) is 0.695. The molecule has 1 aromatic rings. The molecule has 0 saturated heterocycles. The molecule has 0 spiro atoms. The number of aromatic nitrogens is 2. The third-order valence-corrected chi connectivity index (χ3v) is 3.17. The largest absolute Gasteiger partial charge is 0.396 e. The number of anilines is 1. The summed E-state index contributed by atoms with van der Waals surface area (Å²) >= 11 is 0. The first-order valence-corrected chi connectivity index (χ1v) is 5.46. The van der Waals surface area contributed by atoms with Gasteiger partial charge in [-0.05, 0) is 31.6 Å². The van der Waals surface area contributed by atoms with Crippen LogP contribution >= 0.6 is 0 Å². The van der Waals surface area contributed by atoms with Crippen LogP contribution in [0.15, 0.2) is 12.4 Å². The van der Waals surface area contributed by atoms with Crippen molar-refractivity contribution in [2.45, 2.75) is 38.1 Å². The normalized spacial score (nSPS) is 25.3. The minimum Gasteiger partial charge on any atom is -0.396 e. The van der Waals surface area contributed by atoms with E-state index >= 15 is 0 Å². The highest BCUT2D eigenvalue weighted by Crippen LogP contribution is 2.36. The first kappa shape index (κ1) is 10.0. The second-order valence-corrected chi connectivity index (χ2v) is 4.28. The lowest BCUT2D eigenvalue weighted by atomic mass is 10.0. The lowest BCUT2D eigenvalue weighted by Crippen LogP contribution is -2.06. The van der Waals surface area contributed by atoms with Crippen molar-refractivity contribution in [2.75, 3.05) is 5.73 Å². The lowest BCUT2D eigenvalue weighted by Gasteiger charge is -2.10. The Balaban J connectivity index is 1.90. The van der Waals surface area contributed by atoms with Crippen molar-refractivity contribution < 1.29 is 0 Å². The standard InChI is InChI=1S/C11H16N4/c12-5-1-2-9-3-4-11(6-9)15-8-10(13)7-14-15/h7-9,11H,1-4,6,13H2. The molecule has 1 saturated carbocycles. The summed E-state index contributed by atoms with van der Waals surface area (Å²) in [6, 6.07) is 2.70. The zero-order chi connectivity index (χ0) is 10.7. The molecular formula is C11H16N4. The van der Waals surface area contributed by atoms with E-state index in [4.69, 9.17) is 11.0 Å². The molecule has 0 aliphatic heterocycles. The van der Waals surface area contributed by atoms with Crippen LogP contribution in [0.5, 0.6) is 0 Å². The number of nitriles is 1. The summed E-state index contributed by atoms with van der Waals surface area (Å²) in [7, 11) is 0. The molecule has 2 unspecified atom stereocenters. The van der Waals surface area contributed by atoms with E-state index in [0.717, 1.165) is 24.9 Å². The van der Waals surface area contributed by atoms with Crippen molar-refractivity contribution in [1.82, 2.24) is 9.78 Å². The van der Waals surface area contributed by atoms with Crippen LogP contribution in [0, 0.1) is 17.2 Å². The van der Waals surface area contributed by atoms with Crippen molar-refractivity contribution in [3.63, 3.8) is 0 Å². The summed E-state index contributed by atoms with van der Waals surface area (Å²) in [5.41, 5.74) is 6.37. The van der Waals surface area contributed by atoms with Crippen LogP contribution in [-0.4, -0.2) is 9.78 Å². The fourth-order valence-corrected chi connectivity index (χ4v) is 2.37. The highest BCUT2D eigenvalue weighted by molar-refractivity contribution is 5.30. The Morgan fingerprint density at radius 3 is 3.13 bits per heavy atom. The van der Waals surface area contributed by atoms with Crippen molar-refractivity contribution >= 4 is 5.69 Å². The van der Waals surface area contributed by atoms with Gasteiger partial charge in [-0.1, -0.05) is 0 Å². The van der Waals surface area contributed by atoms with Crippen LogP contribution in [0.2, 0.25) is 0 Å². The van der Waals surface area contributed by atoms with Gasteiger partial charge >= 0.3 is 0 Å². The predicted octanol–water partition coefficient (Wildman–Crippen LogP) is 2.11. The fourth-order valence-electron chi connectivity index (χ4n) is 2.37. The lowest BCUT2D eigenvalue weighted by molar-refractivity contribution is 0.430. The van der Waals surface area contributed by atoms with Gasteiger partial charge in [0.15, 0.2) is 0 Å². The van der Waals surface area contributed by atoms with E-state index in [9.17, 15) is 0 Å². The molecule has 4 heteroatoms. The van der Waals surface area contributed by atoms with E-state index in [1.54, 1.807) is 6.20 Å². The zero-order valence-corrected chi connectivity index (χ0v) is 8.76. The van der Waals surface area contributed by atoms with Crippen molar-refractivity contribution in [1.29, 1.82) is 5.26 Å². The van der Waals surface area contributed by atoms with Crippen molar-refractivity contribution in [2.24, 2.45) is 5.92 Å². The predicted molar refractivity (Wildman–Crippen MR) is 57.9 cm³/mol. The maximum atomic E-state index is 8.53. The van der Waals surface area contributed by atoms with Gasteiger partial charge in [0.05, 0.1) is 24.0 Å². The van der Waals surface area contributed by atoms with Crippen LogP contribution < -0.4 is 5.73 Å². The van der Waals surface area contributed by atoms with E-state index in [0.29, 0.717) is 18.4 Å². The Kier molecular flexibility index (Phi) is 2.91. The molecule has 0 radical (unpaired) electrons. The summed E-state index contributed by atoms with van der Waals surface area (Å²) < 4.78 is 1.97. The minimum atomic E-state index is 0.492. The van der Waals surface area contributed by atoms with Gasteiger partial charge < -0.3 is 5.73 Å². The Bertz CT molecular complexity index is 363. The molecule has 1 heterocycles. The van der Waals surface area contributed by atoms with E-state index < -0.39 is 0 Å². The van der Waals surface area contributed by atoms with E-state index in [2.05, 4.69) is 11.2 Å². The monoisotopic (exact) mass is 204 g/mol. The van der Waals surface area contributed by atoms with E-state index in [-0.39, 0.29) is 0 Å². The number of rotatable bonds is 3. The summed E-state index contributed by atoms with van der Waals surface area (Å²) in [4.78, 5) is 0. The van der Waals surface area contributed by atoms with Gasteiger partial charge in [0, 0.05) is 12.6 Å². The van der Waals surface area contributed by atoms with Gasteiger partial charge in [-0.15, -0.1) is 0 Å². The number of nitrogens with zero attached hydrogens (tertiary/aromatic N) is 3. The first-order valence-electron chi connectivity index (χ1n) is 5.46. The Morgan fingerprint density at radius 1 is 1.60 bits per heavy atom. The van der Waals surface area contributed by atoms with Gasteiger partial charge in [0.1, 0.15) is 0 Å². The van der Waals surface area contributed by atoms with Gasteiger partial charge in [-0.25, -0.2) is 0 Å². The first-order chi connectivity index (χ1) is 7.29. The maximum absolute atomic E-state index is 8.53. The van der Waals surface area contributed by atoms with Crippen molar-refractivity contribution in [3.05, 3.63) is 12.4 Å². The molecule has 1 aromatic heterocycles. The molecule has 1 fully saturated rings.